The Kier molecular flexibility index (Phi) is 9.96. The van der Waals surface area contributed by atoms with E-state index in [9.17, 15) is 22.4 Å². The first-order valence-corrected chi connectivity index (χ1v) is 11.9. The van der Waals surface area contributed by atoms with Crippen LogP contribution in [0, 0.1) is 5.82 Å². The summed E-state index contributed by atoms with van der Waals surface area (Å²) in [4.78, 5) is 22.2. The Morgan fingerprint density at radius 2 is 1.92 bits per heavy atom. The maximum absolute atomic E-state index is 13.9. The highest BCUT2D eigenvalue weighted by molar-refractivity contribution is 8.13. The molecule has 8 nitrogen and oxygen atoms in total. The number of halogens is 4. The zero-order chi connectivity index (χ0) is 26.9. The van der Waals surface area contributed by atoms with Crippen LogP contribution in [0.15, 0.2) is 47.8 Å². The van der Waals surface area contributed by atoms with Gasteiger partial charge in [-0.3, -0.25) is 9.79 Å². The Balaban J connectivity index is 0.000000237. The molecule has 4 rings (SSSR count). The van der Waals surface area contributed by atoms with Crippen LogP contribution in [0.1, 0.15) is 48.9 Å². The molecular formula is C23H27F4N7OS. The van der Waals surface area contributed by atoms with E-state index in [0.717, 1.165) is 47.2 Å². The van der Waals surface area contributed by atoms with Crippen LogP contribution in [0.4, 0.5) is 23.2 Å². The maximum atomic E-state index is 13.9. The van der Waals surface area contributed by atoms with Gasteiger partial charge < -0.3 is 11.1 Å². The van der Waals surface area contributed by atoms with E-state index in [-0.39, 0.29) is 17.3 Å². The topological polar surface area (TPSA) is 111 Å². The second-order valence-corrected chi connectivity index (χ2v) is 8.44. The molecule has 0 fully saturated rings. The zero-order valence-electron chi connectivity index (χ0n) is 20.2. The van der Waals surface area contributed by atoms with Gasteiger partial charge in [-0.05, 0) is 37.6 Å². The highest BCUT2D eigenvalue weighted by atomic mass is 32.2. The van der Waals surface area contributed by atoms with E-state index in [4.69, 9.17) is 5.73 Å². The van der Waals surface area contributed by atoms with Gasteiger partial charge in [0.1, 0.15) is 11.5 Å². The Labute approximate surface area is 210 Å². The molecule has 0 spiro atoms. The molecule has 0 bridgehead atoms. The third kappa shape index (κ3) is 7.26. The average molecular weight is 526 g/mol. The highest BCUT2D eigenvalue weighted by Gasteiger charge is 2.34. The molecule has 3 heterocycles. The Bertz CT molecular complexity index is 1180. The molecule has 0 saturated heterocycles. The molecule has 0 aliphatic carbocycles. The number of anilines is 1. The molecule has 0 amide bonds. The second-order valence-electron chi connectivity index (χ2n) is 7.33. The standard InChI is InChI=1S/C12H16FN3S.C9H5F3N4O.C2H6/c1-12(5-6-17-11(14)16-12)9-7-8(15-2)3-4-10(9)13;10-9(11,12)7-1-2-16(15-7)8-4-13-6(5-17)3-14-8;1-2/h3-4,7,15H,5-6H2,1-2H3,(H2,14,16);1-5H;1-2H3. The van der Waals surface area contributed by atoms with Crippen LogP contribution in [-0.4, -0.2) is 44.0 Å². The monoisotopic (exact) mass is 525 g/mol. The first-order chi connectivity index (χ1) is 17.1. The number of benzene rings is 1. The van der Waals surface area contributed by atoms with Gasteiger partial charge in [0.25, 0.3) is 0 Å². The van der Waals surface area contributed by atoms with Gasteiger partial charge in [-0.1, -0.05) is 25.6 Å². The zero-order valence-corrected chi connectivity index (χ0v) is 21.0. The average Bonchev–Trinajstić information content (AvgIpc) is 3.37. The van der Waals surface area contributed by atoms with Gasteiger partial charge >= 0.3 is 6.18 Å². The summed E-state index contributed by atoms with van der Waals surface area (Å²) in [6.07, 6.45) is 0.215. The van der Waals surface area contributed by atoms with Gasteiger partial charge in [-0.2, -0.15) is 18.3 Å². The summed E-state index contributed by atoms with van der Waals surface area (Å²) in [6.45, 7) is 5.93. The largest absolute Gasteiger partial charge is 0.435 e. The van der Waals surface area contributed by atoms with Crippen molar-refractivity contribution in [2.24, 2.45) is 10.7 Å². The van der Waals surface area contributed by atoms with E-state index in [2.05, 4.69) is 25.4 Å². The minimum absolute atomic E-state index is 0.0944. The predicted octanol–water partition coefficient (Wildman–Crippen LogP) is 5.05. The molecule has 1 atom stereocenters. The van der Waals surface area contributed by atoms with Crippen molar-refractivity contribution < 1.29 is 22.4 Å². The van der Waals surface area contributed by atoms with Crippen LogP contribution >= 0.6 is 11.8 Å². The molecule has 1 unspecified atom stereocenters. The van der Waals surface area contributed by atoms with Crippen molar-refractivity contribution in [2.45, 2.75) is 38.9 Å². The third-order valence-corrected chi connectivity index (χ3v) is 5.72. The number of alkyl halides is 3. The van der Waals surface area contributed by atoms with Crippen LogP contribution in [0.5, 0.6) is 0 Å². The number of rotatable bonds is 4. The van der Waals surface area contributed by atoms with Crippen LogP contribution < -0.4 is 11.1 Å². The van der Waals surface area contributed by atoms with Crippen molar-refractivity contribution in [3.8, 4) is 5.82 Å². The summed E-state index contributed by atoms with van der Waals surface area (Å²) in [5.74, 6) is 0.746. The summed E-state index contributed by atoms with van der Waals surface area (Å²) < 4.78 is 51.7. The number of hydrogen-bond donors (Lipinski definition) is 2. The quantitative estimate of drug-likeness (QED) is 0.362. The summed E-state index contributed by atoms with van der Waals surface area (Å²) in [5, 5.41) is 6.85. The molecule has 3 aromatic rings. The van der Waals surface area contributed by atoms with Gasteiger partial charge in [-0.15, -0.1) is 0 Å². The normalized spacial score (nSPS) is 17.1. The lowest BCUT2D eigenvalue weighted by Crippen LogP contribution is -2.29. The van der Waals surface area contributed by atoms with Crippen LogP contribution in [-0.2, 0) is 11.7 Å². The fraction of sp³-hybridized carbons (Fsp3) is 0.348. The van der Waals surface area contributed by atoms with Crippen molar-refractivity contribution in [3.63, 3.8) is 0 Å². The molecule has 13 heteroatoms. The molecule has 36 heavy (non-hydrogen) atoms. The van der Waals surface area contributed by atoms with Gasteiger partial charge in [-0.25, -0.2) is 19.0 Å². The molecule has 194 valence electrons. The van der Waals surface area contributed by atoms with Gasteiger partial charge in [0.2, 0.25) is 0 Å². The minimum Gasteiger partial charge on any atom is -0.388 e. The smallest absolute Gasteiger partial charge is 0.388 e. The molecule has 2 aromatic heterocycles. The Morgan fingerprint density at radius 3 is 2.44 bits per heavy atom. The molecule has 1 aromatic carbocycles. The number of carbonyl (C=O) groups excluding carboxylic acids is 1. The Morgan fingerprint density at radius 1 is 1.19 bits per heavy atom. The fourth-order valence-corrected chi connectivity index (χ4v) is 4.06. The summed E-state index contributed by atoms with van der Waals surface area (Å²) in [7, 11) is 1.81. The highest BCUT2D eigenvalue weighted by Crippen LogP contribution is 2.37. The number of hydrogen-bond acceptors (Lipinski definition) is 8. The Hall–Kier alpha value is -3.48. The van der Waals surface area contributed by atoms with Gasteiger partial charge in [0.15, 0.2) is 23.0 Å². The maximum Gasteiger partial charge on any atom is 0.435 e. The van der Waals surface area contributed by atoms with Crippen molar-refractivity contribution >= 4 is 28.9 Å². The van der Waals surface area contributed by atoms with Crippen LogP contribution in [0.25, 0.3) is 5.82 Å². The minimum atomic E-state index is -4.50. The molecular weight excluding hydrogens is 498 g/mol. The lowest BCUT2D eigenvalue weighted by atomic mass is 9.89. The van der Waals surface area contributed by atoms with E-state index >= 15 is 0 Å². The number of thioether (sulfide) groups is 1. The lowest BCUT2D eigenvalue weighted by Gasteiger charge is -2.30. The molecule has 1 aliphatic rings. The van der Waals surface area contributed by atoms with E-state index in [0.29, 0.717) is 17.0 Å². The van der Waals surface area contributed by atoms with E-state index in [1.54, 1.807) is 6.07 Å². The molecule has 0 radical (unpaired) electrons. The number of nitrogens with one attached hydrogen (secondary N) is 1. The number of nitrogens with two attached hydrogens (primary N) is 1. The number of amidine groups is 1. The summed E-state index contributed by atoms with van der Waals surface area (Å²) >= 11 is 1.52. The lowest BCUT2D eigenvalue weighted by molar-refractivity contribution is -0.141. The van der Waals surface area contributed by atoms with Crippen LogP contribution in [0.3, 0.4) is 0 Å². The summed E-state index contributed by atoms with van der Waals surface area (Å²) in [5.41, 5.74) is 5.76. The number of aromatic nitrogens is 4. The summed E-state index contributed by atoms with van der Waals surface area (Å²) in [6, 6.07) is 5.82. The van der Waals surface area contributed by atoms with Crippen molar-refractivity contribution in [3.05, 3.63) is 65.6 Å². The van der Waals surface area contributed by atoms with Crippen molar-refractivity contribution in [1.29, 1.82) is 0 Å². The first-order valence-electron chi connectivity index (χ1n) is 10.9. The SMILES string of the molecule is CC.CNc1ccc(F)c(C2(C)CCSC(N)=N2)c1.O=Cc1cnc(-n2ccc(C(F)(F)F)n2)cn1. The van der Waals surface area contributed by atoms with E-state index < -0.39 is 17.4 Å². The van der Waals surface area contributed by atoms with E-state index in [1.165, 1.54) is 17.8 Å². The molecule has 3 N–H and O–H groups in total. The third-order valence-electron chi connectivity index (χ3n) is 4.92. The van der Waals surface area contributed by atoms with Crippen LogP contribution in [0.2, 0.25) is 0 Å². The first kappa shape index (κ1) is 28.8. The number of nitrogens with zero attached hydrogens (tertiary/aromatic N) is 5. The number of carbonyl (C=O) groups is 1. The van der Waals surface area contributed by atoms with Crippen molar-refractivity contribution in [1.82, 2.24) is 19.7 Å². The number of aldehydes is 1. The second kappa shape index (κ2) is 12.5. The fourth-order valence-electron chi connectivity index (χ4n) is 3.09. The van der Waals surface area contributed by atoms with Gasteiger partial charge in [0.05, 0.1) is 17.9 Å². The van der Waals surface area contributed by atoms with Gasteiger partial charge in [0, 0.05) is 30.2 Å². The predicted molar refractivity (Wildman–Crippen MR) is 133 cm³/mol. The molecule has 0 saturated carbocycles. The van der Waals surface area contributed by atoms with E-state index in [1.807, 2.05) is 33.9 Å². The molecule has 1 aliphatic heterocycles. The number of aliphatic imine (C=N–C) groups is 1. The van der Waals surface area contributed by atoms with Crippen molar-refractivity contribution in [2.75, 3.05) is 18.1 Å².